The van der Waals surface area contributed by atoms with E-state index in [0.717, 1.165) is 41.1 Å². The molecule has 6 nitrogen and oxygen atoms in total. The van der Waals surface area contributed by atoms with Crippen molar-refractivity contribution in [1.29, 1.82) is 0 Å². The van der Waals surface area contributed by atoms with Crippen LogP contribution in [-0.4, -0.2) is 41.2 Å². The van der Waals surface area contributed by atoms with Crippen molar-refractivity contribution in [3.05, 3.63) is 65.6 Å². The minimum atomic E-state index is 0.232. The third-order valence-electron chi connectivity index (χ3n) is 5.03. The number of hydrogen-bond acceptors (Lipinski definition) is 5. The summed E-state index contributed by atoms with van der Waals surface area (Å²) >= 11 is 0. The molecule has 6 heteroatoms. The number of aromatic nitrogens is 2. The van der Waals surface area contributed by atoms with Crippen LogP contribution in [0.5, 0.6) is 11.5 Å². The molecule has 0 atom stereocenters. The van der Waals surface area contributed by atoms with Crippen molar-refractivity contribution in [2.24, 2.45) is 0 Å². The Bertz CT molecular complexity index is 971. The predicted octanol–water partition coefficient (Wildman–Crippen LogP) is 3.78. The van der Waals surface area contributed by atoms with Crippen molar-refractivity contribution in [1.82, 2.24) is 9.88 Å². The zero-order valence-electron chi connectivity index (χ0n) is 17.1. The Morgan fingerprint density at radius 2 is 1.86 bits per heavy atom. The van der Waals surface area contributed by atoms with Crippen molar-refractivity contribution in [2.75, 3.05) is 26.2 Å². The molecule has 0 aliphatic rings. The summed E-state index contributed by atoms with van der Waals surface area (Å²) in [5.74, 6) is 0.902. The number of para-hydroxylation sites is 1. The molecule has 152 valence electrons. The maximum absolute atomic E-state index is 12.5. The molecule has 0 bridgehead atoms. The Labute approximate surface area is 171 Å². The molecule has 0 radical (unpaired) electrons. The number of ether oxygens (including phenoxy) is 1. The van der Waals surface area contributed by atoms with Crippen molar-refractivity contribution in [3.63, 3.8) is 0 Å². The Balaban J connectivity index is 1.91. The number of benzene rings is 2. The zero-order chi connectivity index (χ0) is 20.8. The summed E-state index contributed by atoms with van der Waals surface area (Å²) in [6.07, 6.45) is 1.26. The molecule has 1 aromatic heterocycles. The molecule has 1 N–H and O–H groups in total. The number of aryl methyl sites for hydroxylation is 1. The fourth-order valence-electron chi connectivity index (χ4n) is 3.21. The van der Waals surface area contributed by atoms with Gasteiger partial charge in [-0.3, -0.25) is 0 Å². The van der Waals surface area contributed by atoms with E-state index in [-0.39, 0.29) is 5.75 Å². The summed E-state index contributed by atoms with van der Waals surface area (Å²) in [4.78, 5) is 6.55. The van der Waals surface area contributed by atoms with Crippen LogP contribution in [0.2, 0.25) is 0 Å². The van der Waals surface area contributed by atoms with Crippen LogP contribution in [0.25, 0.3) is 22.5 Å². The molecule has 1 heterocycles. The highest BCUT2D eigenvalue weighted by molar-refractivity contribution is 5.70. The van der Waals surface area contributed by atoms with Crippen molar-refractivity contribution in [3.8, 4) is 34.0 Å². The second kappa shape index (κ2) is 9.39. The molecule has 0 unspecified atom stereocenters. The van der Waals surface area contributed by atoms with Gasteiger partial charge in [0, 0.05) is 18.2 Å². The normalized spacial score (nSPS) is 11.0. The first-order valence-corrected chi connectivity index (χ1v) is 9.87. The summed E-state index contributed by atoms with van der Waals surface area (Å²) in [5.41, 5.74) is 3.44. The second-order valence-corrected chi connectivity index (χ2v) is 6.86. The first-order valence-electron chi connectivity index (χ1n) is 9.87. The van der Waals surface area contributed by atoms with Gasteiger partial charge in [-0.05, 0) is 60.9 Å². The molecule has 0 amide bonds. The van der Waals surface area contributed by atoms with E-state index in [4.69, 9.17) is 4.74 Å². The minimum Gasteiger partial charge on any atom is -0.710 e. The van der Waals surface area contributed by atoms with E-state index >= 15 is 0 Å². The standard InChI is InChI=1S/C23H27N3O3/c1-4-25(5-2)12-13-29-23-9-7-6-8-19(23)21-15-20(24-16-26(21)28)18-10-11-22(27)17(3)14-18/h6-11,14-16,27H,4-5,12-13H2,1-3H3. The van der Waals surface area contributed by atoms with Gasteiger partial charge in [-0.1, -0.05) is 26.0 Å². The first kappa shape index (κ1) is 20.6. The van der Waals surface area contributed by atoms with Crippen LogP contribution in [0.15, 0.2) is 54.9 Å². The molecule has 29 heavy (non-hydrogen) atoms. The van der Waals surface area contributed by atoms with Gasteiger partial charge in [0.2, 0.25) is 0 Å². The lowest BCUT2D eigenvalue weighted by Gasteiger charge is -2.19. The summed E-state index contributed by atoms with van der Waals surface area (Å²) < 4.78 is 6.77. The number of hydrogen-bond donors (Lipinski definition) is 1. The predicted molar refractivity (Wildman–Crippen MR) is 114 cm³/mol. The van der Waals surface area contributed by atoms with E-state index in [1.54, 1.807) is 18.2 Å². The van der Waals surface area contributed by atoms with Gasteiger partial charge in [-0.15, -0.1) is 0 Å². The fraction of sp³-hybridized carbons (Fsp3) is 0.304. The minimum absolute atomic E-state index is 0.232. The Kier molecular flexibility index (Phi) is 6.67. The van der Waals surface area contributed by atoms with E-state index in [9.17, 15) is 10.3 Å². The average molecular weight is 393 g/mol. The smallest absolute Gasteiger partial charge is 0.290 e. The summed E-state index contributed by atoms with van der Waals surface area (Å²) in [6, 6.07) is 14.6. The van der Waals surface area contributed by atoms with Crippen LogP contribution in [0, 0.1) is 12.1 Å². The van der Waals surface area contributed by atoms with Gasteiger partial charge in [0.1, 0.15) is 23.8 Å². The number of phenols is 1. The lowest BCUT2D eigenvalue weighted by atomic mass is 10.0. The maximum Gasteiger partial charge on any atom is 0.290 e. The largest absolute Gasteiger partial charge is 0.710 e. The number of nitrogens with zero attached hydrogens (tertiary/aromatic N) is 3. The van der Waals surface area contributed by atoms with Gasteiger partial charge < -0.3 is 20.0 Å². The van der Waals surface area contributed by atoms with Crippen LogP contribution in [0.3, 0.4) is 0 Å². The topological polar surface area (TPSA) is 72.5 Å². The van der Waals surface area contributed by atoms with Crippen molar-refractivity contribution in [2.45, 2.75) is 20.8 Å². The third-order valence-corrected chi connectivity index (χ3v) is 5.03. The summed E-state index contributed by atoms with van der Waals surface area (Å²) in [5, 5.41) is 22.3. The van der Waals surface area contributed by atoms with Crippen LogP contribution in [0.1, 0.15) is 19.4 Å². The molecule has 0 aliphatic heterocycles. The van der Waals surface area contributed by atoms with Gasteiger partial charge in [-0.25, -0.2) is 4.73 Å². The summed E-state index contributed by atoms with van der Waals surface area (Å²) in [7, 11) is 0. The third kappa shape index (κ3) is 4.84. The SMILES string of the molecule is CCN(CC)CCOc1ccccc1-c1cc(-c2ccc(O)c(C)c2)nc[n+]1[O-]. The number of likely N-dealkylation sites (N-methyl/N-ethyl adjacent to an activating group) is 1. The highest BCUT2D eigenvalue weighted by Gasteiger charge is 2.16. The first-order chi connectivity index (χ1) is 14.0. The zero-order valence-corrected chi connectivity index (χ0v) is 17.1. The molecule has 3 rings (SSSR count). The molecule has 0 saturated heterocycles. The van der Waals surface area contributed by atoms with Gasteiger partial charge in [0.05, 0.1) is 5.56 Å². The van der Waals surface area contributed by atoms with E-state index in [1.165, 1.54) is 6.33 Å². The van der Waals surface area contributed by atoms with E-state index in [0.29, 0.717) is 23.7 Å². The molecule has 0 fully saturated rings. The van der Waals surface area contributed by atoms with Crippen molar-refractivity contribution >= 4 is 0 Å². The van der Waals surface area contributed by atoms with Gasteiger partial charge >= 0.3 is 0 Å². The van der Waals surface area contributed by atoms with Crippen LogP contribution >= 0.6 is 0 Å². The number of phenolic OH excluding ortho intramolecular Hbond substituents is 1. The quantitative estimate of drug-likeness (QED) is 0.466. The monoisotopic (exact) mass is 393 g/mol. The maximum atomic E-state index is 12.5. The van der Waals surface area contributed by atoms with Gasteiger partial charge in [0.25, 0.3) is 6.33 Å². The number of rotatable bonds is 8. The highest BCUT2D eigenvalue weighted by Crippen LogP contribution is 2.30. The Hall–Kier alpha value is -3.12. The lowest BCUT2D eigenvalue weighted by molar-refractivity contribution is -0.597. The Morgan fingerprint density at radius 3 is 2.59 bits per heavy atom. The Morgan fingerprint density at radius 1 is 1.10 bits per heavy atom. The second-order valence-electron chi connectivity index (χ2n) is 6.86. The molecular weight excluding hydrogens is 366 g/mol. The molecule has 0 spiro atoms. The van der Waals surface area contributed by atoms with Crippen LogP contribution < -0.4 is 9.47 Å². The number of aromatic hydroxyl groups is 1. The van der Waals surface area contributed by atoms with Crippen LogP contribution in [0.4, 0.5) is 0 Å². The van der Waals surface area contributed by atoms with E-state index in [1.807, 2.05) is 37.3 Å². The average Bonchev–Trinajstić information content (AvgIpc) is 2.74. The summed E-state index contributed by atoms with van der Waals surface area (Å²) in [6.45, 7) is 9.40. The van der Waals surface area contributed by atoms with E-state index < -0.39 is 0 Å². The lowest BCUT2D eigenvalue weighted by Crippen LogP contribution is -2.30. The van der Waals surface area contributed by atoms with Gasteiger partial charge in [0.15, 0.2) is 5.69 Å². The molecule has 0 saturated carbocycles. The fourth-order valence-corrected chi connectivity index (χ4v) is 3.21. The molecular formula is C23H27N3O3. The van der Waals surface area contributed by atoms with Crippen molar-refractivity contribution < 1.29 is 14.6 Å². The molecule has 2 aromatic carbocycles. The van der Waals surface area contributed by atoms with E-state index in [2.05, 4.69) is 23.7 Å². The molecule has 0 aliphatic carbocycles. The van der Waals surface area contributed by atoms with Gasteiger partial charge in [-0.2, -0.15) is 0 Å². The highest BCUT2D eigenvalue weighted by atomic mass is 16.5. The molecule has 3 aromatic rings. The van der Waals surface area contributed by atoms with Crippen LogP contribution in [-0.2, 0) is 0 Å².